The summed E-state index contributed by atoms with van der Waals surface area (Å²) in [7, 11) is 0. The van der Waals surface area contributed by atoms with Crippen molar-refractivity contribution in [2.45, 2.75) is 32.2 Å². The zero-order valence-electron chi connectivity index (χ0n) is 11.7. The molecule has 0 unspecified atom stereocenters. The minimum atomic E-state index is -0.426. The molecule has 0 atom stereocenters. The maximum absolute atomic E-state index is 12.0. The van der Waals surface area contributed by atoms with Crippen LogP contribution in [0, 0.1) is 0 Å². The molecule has 6 nitrogen and oxygen atoms in total. The lowest BCUT2D eigenvalue weighted by atomic mass is 9.91. The molecule has 3 N–H and O–H groups in total. The number of anilines is 2. The predicted octanol–water partition coefficient (Wildman–Crippen LogP) is 1.19. The average molecular weight is 279 g/mol. The van der Waals surface area contributed by atoms with E-state index in [1.54, 1.807) is 13.0 Å². The second-order valence-corrected chi connectivity index (χ2v) is 4.86. The smallest absolute Gasteiger partial charge is 0.341 e. The number of pyridine rings is 1. The van der Waals surface area contributed by atoms with Crippen LogP contribution in [-0.4, -0.2) is 41.9 Å². The second kappa shape index (κ2) is 6.56. The molecule has 1 aliphatic rings. The van der Waals surface area contributed by atoms with Crippen LogP contribution in [0.1, 0.15) is 36.5 Å². The highest BCUT2D eigenvalue weighted by atomic mass is 16.5. The molecule has 1 aromatic heterocycles. The first-order valence-electron chi connectivity index (χ1n) is 6.97. The van der Waals surface area contributed by atoms with Crippen LogP contribution in [0.5, 0.6) is 0 Å². The third-order valence-corrected chi connectivity index (χ3v) is 3.51. The van der Waals surface area contributed by atoms with Gasteiger partial charge in [0.15, 0.2) is 0 Å². The number of aliphatic hydroxyl groups is 1. The van der Waals surface area contributed by atoms with Gasteiger partial charge in [-0.3, -0.25) is 0 Å². The Kier molecular flexibility index (Phi) is 4.79. The van der Waals surface area contributed by atoms with E-state index in [0.717, 1.165) is 19.3 Å². The monoisotopic (exact) mass is 279 g/mol. The van der Waals surface area contributed by atoms with Crippen LogP contribution in [0.3, 0.4) is 0 Å². The van der Waals surface area contributed by atoms with Crippen LogP contribution in [0.25, 0.3) is 0 Å². The maximum atomic E-state index is 12.0. The number of ether oxygens (including phenoxy) is 1. The Morgan fingerprint density at radius 3 is 2.90 bits per heavy atom. The summed E-state index contributed by atoms with van der Waals surface area (Å²) in [5, 5.41) is 9.24. The topological polar surface area (TPSA) is 88.7 Å². The average Bonchev–Trinajstić information content (AvgIpc) is 2.36. The molecule has 1 saturated carbocycles. The number of aliphatic hydroxyl groups excluding tert-OH is 1. The quantitative estimate of drug-likeness (QED) is 0.760. The Morgan fingerprint density at radius 2 is 2.35 bits per heavy atom. The van der Waals surface area contributed by atoms with Crippen LogP contribution in [0.15, 0.2) is 12.3 Å². The van der Waals surface area contributed by atoms with Gasteiger partial charge >= 0.3 is 5.97 Å². The second-order valence-electron chi connectivity index (χ2n) is 4.86. The van der Waals surface area contributed by atoms with Gasteiger partial charge in [-0.05, 0) is 32.3 Å². The van der Waals surface area contributed by atoms with Gasteiger partial charge in [0.2, 0.25) is 0 Å². The number of aromatic nitrogens is 1. The van der Waals surface area contributed by atoms with E-state index in [2.05, 4.69) is 4.98 Å². The predicted molar refractivity (Wildman–Crippen MR) is 76.7 cm³/mol. The third-order valence-electron chi connectivity index (χ3n) is 3.51. The van der Waals surface area contributed by atoms with Gasteiger partial charge in [-0.1, -0.05) is 0 Å². The van der Waals surface area contributed by atoms with Crippen molar-refractivity contribution in [3.8, 4) is 0 Å². The van der Waals surface area contributed by atoms with Gasteiger partial charge in [0, 0.05) is 12.6 Å². The van der Waals surface area contributed by atoms with Crippen molar-refractivity contribution in [3.63, 3.8) is 0 Å². The highest BCUT2D eigenvalue weighted by molar-refractivity contribution is 5.95. The normalized spacial score (nSPS) is 14.7. The Balaban J connectivity index is 2.34. The molecule has 1 aromatic rings. The van der Waals surface area contributed by atoms with E-state index in [-0.39, 0.29) is 6.61 Å². The van der Waals surface area contributed by atoms with Crippen LogP contribution in [0.2, 0.25) is 0 Å². The molecule has 0 bridgehead atoms. The van der Waals surface area contributed by atoms with Crippen LogP contribution in [0.4, 0.5) is 11.5 Å². The van der Waals surface area contributed by atoms with E-state index in [1.165, 1.54) is 6.20 Å². The molecule has 1 fully saturated rings. The summed E-state index contributed by atoms with van der Waals surface area (Å²) in [5.74, 6) is 0.126. The van der Waals surface area contributed by atoms with E-state index in [1.807, 2.05) is 4.90 Å². The number of nitrogens with two attached hydrogens (primary N) is 1. The summed E-state index contributed by atoms with van der Waals surface area (Å²) in [5.41, 5.74) is 6.51. The van der Waals surface area contributed by atoms with E-state index in [4.69, 9.17) is 10.5 Å². The molecular formula is C14H21N3O3. The third kappa shape index (κ3) is 3.01. The lowest BCUT2D eigenvalue weighted by molar-refractivity contribution is 0.0526. The Bertz CT molecular complexity index is 475. The summed E-state index contributed by atoms with van der Waals surface area (Å²) in [6, 6.07) is 1.91. The summed E-state index contributed by atoms with van der Waals surface area (Å²) >= 11 is 0. The number of carbonyl (C=O) groups is 1. The summed E-state index contributed by atoms with van der Waals surface area (Å²) < 4.78 is 5.06. The highest BCUT2D eigenvalue weighted by Gasteiger charge is 2.29. The largest absolute Gasteiger partial charge is 0.462 e. The maximum Gasteiger partial charge on any atom is 0.341 e. The van der Waals surface area contributed by atoms with Crippen molar-refractivity contribution in [3.05, 3.63) is 17.8 Å². The zero-order valence-corrected chi connectivity index (χ0v) is 11.7. The number of nitrogens with zero attached hydrogens (tertiary/aromatic N) is 2. The van der Waals surface area contributed by atoms with Gasteiger partial charge < -0.3 is 20.5 Å². The SMILES string of the molecule is CCOC(=O)c1cc(N)cnc1N(CCO)C1CCC1. The lowest BCUT2D eigenvalue weighted by Gasteiger charge is -2.38. The van der Waals surface area contributed by atoms with Gasteiger partial charge in [0.1, 0.15) is 11.4 Å². The molecule has 0 spiro atoms. The van der Waals surface area contributed by atoms with Gasteiger partial charge in [-0.25, -0.2) is 9.78 Å². The lowest BCUT2D eigenvalue weighted by Crippen LogP contribution is -2.43. The number of hydrogen-bond acceptors (Lipinski definition) is 6. The van der Waals surface area contributed by atoms with Crippen LogP contribution in [-0.2, 0) is 4.74 Å². The number of rotatable bonds is 6. The molecule has 0 radical (unpaired) electrons. The van der Waals surface area contributed by atoms with Crippen molar-refractivity contribution >= 4 is 17.5 Å². The summed E-state index contributed by atoms with van der Waals surface area (Å²) in [6.07, 6.45) is 4.79. The van der Waals surface area contributed by atoms with E-state index < -0.39 is 5.97 Å². The molecule has 0 saturated heterocycles. The summed E-state index contributed by atoms with van der Waals surface area (Å²) in [4.78, 5) is 18.3. The van der Waals surface area contributed by atoms with Gasteiger partial charge in [0.05, 0.1) is 25.1 Å². The van der Waals surface area contributed by atoms with Crippen molar-refractivity contribution in [1.82, 2.24) is 4.98 Å². The zero-order chi connectivity index (χ0) is 14.5. The van der Waals surface area contributed by atoms with E-state index in [0.29, 0.717) is 36.3 Å². The molecule has 6 heteroatoms. The van der Waals surface area contributed by atoms with Crippen molar-refractivity contribution in [2.75, 3.05) is 30.4 Å². The molecule has 1 heterocycles. The van der Waals surface area contributed by atoms with E-state index >= 15 is 0 Å². The molecule has 1 aliphatic carbocycles. The molecule has 2 rings (SSSR count). The molecule has 0 aliphatic heterocycles. The number of hydrogen-bond donors (Lipinski definition) is 2. The molecule has 0 amide bonds. The Morgan fingerprint density at radius 1 is 1.60 bits per heavy atom. The highest BCUT2D eigenvalue weighted by Crippen LogP contribution is 2.31. The fourth-order valence-corrected chi connectivity index (χ4v) is 2.33. The standard InChI is InChI=1S/C14H21N3O3/c1-2-20-14(19)12-8-10(15)9-16-13(12)17(6-7-18)11-4-3-5-11/h8-9,11,18H,2-7,15H2,1H3. The number of nitrogen functional groups attached to an aromatic ring is 1. The van der Waals surface area contributed by atoms with Gasteiger partial charge in [0.25, 0.3) is 0 Å². The molecular weight excluding hydrogens is 258 g/mol. The van der Waals surface area contributed by atoms with Crippen LogP contribution >= 0.6 is 0 Å². The van der Waals surface area contributed by atoms with E-state index in [9.17, 15) is 9.90 Å². The molecule has 20 heavy (non-hydrogen) atoms. The number of esters is 1. The first-order valence-corrected chi connectivity index (χ1v) is 6.97. The fourth-order valence-electron chi connectivity index (χ4n) is 2.33. The van der Waals surface area contributed by atoms with Crippen molar-refractivity contribution < 1.29 is 14.6 Å². The number of carbonyl (C=O) groups excluding carboxylic acids is 1. The van der Waals surface area contributed by atoms with Crippen LogP contribution < -0.4 is 10.6 Å². The Labute approximate surface area is 118 Å². The van der Waals surface area contributed by atoms with Crippen molar-refractivity contribution in [2.24, 2.45) is 0 Å². The van der Waals surface area contributed by atoms with Gasteiger partial charge in [-0.15, -0.1) is 0 Å². The first kappa shape index (κ1) is 14.6. The van der Waals surface area contributed by atoms with Gasteiger partial charge in [-0.2, -0.15) is 0 Å². The first-order chi connectivity index (χ1) is 9.67. The molecule has 0 aromatic carbocycles. The minimum absolute atomic E-state index is 0.0187. The minimum Gasteiger partial charge on any atom is -0.462 e. The Hall–Kier alpha value is -1.82. The summed E-state index contributed by atoms with van der Waals surface area (Å²) in [6.45, 7) is 2.53. The fraction of sp³-hybridized carbons (Fsp3) is 0.571. The van der Waals surface area contributed by atoms with Crippen molar-refractivity contribution in [1.29, 1.82) is 0 Å². The molecule has 110 valence electrons.